The van der Waals surface area contributed by atoms with Crippen LogP contribution in [0.3, 0.4) is 0 Å². The third-order valence-corrected chi connectivity index (χ3v) is 7.74. The van der Waals surface area contributed by atoms with Gasteiger partial charge in [-0.15, -0.1) is 0 Å². The maximum atomic E-state index is 2.46. The summed E-state index contributed by atoms with van der Waals surface area (Å²) in [7, 11) is -1.56. The lowest BCUT2D eigenvalue weighted by Crippen LogP contribution is -2.47. The Morgan fingerprint density at radius 1 is 0.842 bits per heavy atom. The minimum Gasteiger partial charge on any atom is -0.0913 e. The molecule has 98 valence electrons. The second kappa shape index (κ2) is 6.03. The molecule has 0 N–H and O–H groups in total. The quantitative estimate of drug-likeness (QED) is 0.564. The summed E-state index contributed by atoms with van der Waals surface area (Å²) in [5.41, 5.74) is 1.96. The van der Waals surface area contributed by atoms with Gasteiger partial charge in [0.2, 0.25) is 0 Å². The van der Waals surface area contributed by atoms with Crippen molar-refractivity contribution in [2.24, 2.45) is 0 Å². The monoisotopic (exact) mass is 266 g/mol. The van der Waals surface area contributed by atoms with Crippen LogP contribution in [0, 0.1) is 0 Å². The van der Waals surface area contributed by atoms with Crippen LogP contribution in [-0.2, 0) is 0 Å². The second-order valence-electron chi connectivity index (χ2n) is 5.50. The lowest BCUT2D eigenvalue weighted by atomic mass is 10.1. The molecule has 0 spiro atoms. The lowest BCUT2D eigenvalue weighted by molar-refractivity contribution is 1.14. The molecule has 0 aliphatic heterocycles. The van der Waals surface area contributed by atoms with Crippen molar-refractivity contribution >= 4 is 13.3 Å². The van der Waals surface area contributed by atoms with Gasteiger partial charge in [-0.25, -0.2) is 0 Å². The van der Waals surface area contributed by atoms with E-state index in [4.69, 9.17) is 0 Å². The molecule has 0 aliphatic carbocycles. The van der Waals surface area contributed by atoms with Crippen molar-refractivity contribution in [3.05, 3.63) is 78.4 Å². The average molecular weight is 266 g/mol. The highest BCUT2D eigenvalue weighted by molar-refractivity contribution is 6.91. The molecule has 2 aromatic rings. The van der Waals surface area contributed by atoms with Crippen LogP contribution in [0.1, 0.15) is 18.0 Å². The number of hydrogen-bond donors (Lipinski definition) is 0. The van der Waals surface area contributed by atoms with Gasteiger partial charge in [0.1, 0.15) is 0 Å². The van der Waals surface area contributed by atoms with Crippen LogP contribution in [0.4, 0.5) is 0 Å². The molecule has 0 heterocycles. The number of benzene rings is 2. The summed E-state index contributed by atoms with van der Waals surface area (Å²) in [6.07, 6.45) is 4.56. The largest absolute Gasteiger partial charge is 0.0919 e. The van der Waals surface area contributed by atoms with Gasteiger partial charge in [-0.3, -0.25) is 0 Å². The molecule has 0 radical (unpaired) electrons. The van der Waals surface area contributed by atoms with E-state index in [1.807, 2.05) is 0 Å². The van der Waals surface area contributed by atoms with E-state index in [0.717, 1.165) is 0 Å². The Morgan fingerprint density at radius 3 is 1.89 bits per heavy atom. The van der Waals surface area contributed by atoms with E-state index in [2.05, 4.69) is 92.8 Å². The molecule has 0 fully saturated rings. The first-order chi connectivity index (χ1) is 9.16. The zero-order chi connectivity index (χ0) is 13.7. The number of allylic oxidation sites excluding steroid dienone is 2. The first-order valence-corrected chi connectivity index (χ1v) is 9.97. The first kappa shape index (κ1) is 13.8. The van der Waals surface area contributed by atoms with E-state index in [9.17, 15) is 0 Å². The predicted octanol–water partition coefficient (Wildman–Crippen LogP) is 4.50. The minimum atomic E-state index is -1.56. The molecule has 2 rings (SSSR count). The Hall–Kier alpha value is -1.60. The molecule has 1 atom stereocenters. The highest BCUT2D eigenvalue weighted by atomic mass is 28.3. The third-order valence-electron chi connectivity index (χ3n) is 3.84. The van der Waals surface area contributed by atoms with Crippen molar-refractivity contribution in [2.75, 3.05) is 0 Å². The summed E-state index contributed by atoms with van der Waals surface area (Å²) in [6.45, 7) is 7.03. The highest BCUT2D eigenvalue weighted by Gasteiger charge is 2.32. The number of rotatable bonds is 4. The Labute approximate surface area is 117 Å². The third kappa shape index (κ3) is 3.05. The van der Waals surface area contributed by atoms with Gasteiger partial charge >= 0.3 is 0 Å². The maximum Gasteiger partial charge on any atom is 0.0919 e. The van der Waals surface area contributed by atoms with Crippen molar-refractivity contribution in [3.63, 3.8) is 0 Å². The van der Waals surface area contributed by atoms with Gasteiger partial charge in [-0.2, -0.15) is 0 Å². The fraction of sp³-hybridized carbons (Fsp3) is 0.222. The molecule has 0 saturated carbocycles. The van der Waals surface area contributed by atoms with E-state index in [-0.39, 0.29) is 0 Å². The minimum absolute atomic E-state index is 0.529. The van der Waals surface area contributed by atoms with Gasteiger partial charge in [0.25, 0.3) is 0 Å². The van der Waals surface area contributed by atoms with Crippen LogP contribution in [-0.4, -0.2) is 8.07 Å². The van der Waals surface area contributed by atoms with Gasteiger partial charge in [0.15, 0.2) is 0 Å². The predicted molar refractivity (Wildman–Crippen MR) is 87.6 cm³/mol. The standard InChI is InChI=1S/C18H22Si/c1-4-11-18(16-12-7-5-8-13-16)19(2,3)17-14-9-6-10-15-17/h4-15,18H,1-3H3/b11-4-. The van der Waals surface area contributed by atoms with E-state index in [1.54, 1.807) is 0 Å². The Balaban J connectivity index is 2.45. The molecule has 0 nitrogen and oxygen atoms in total. The summed E-state index contributed by atoms with van der Waals surface area (Å²) in [4.78, 5) is 0. The fourth-order valence-corrected chi connectivity index (χ4v) is 5.78. The van der Waals surface area contributed by atoms with Crippen LogP contribution >= 0.6 is 0 Å². The molecule has 1 heteroatoms. The Kier molecular flexibility index (Phi) is 4.38. The van der Waals surface area contributed by atoms with Crippen LogP contribution in [0.15, 0.2) is 72.8 Å². The fourth-order valence-electron chi connectivity index (χ4n) is 2.67. The zero-order valence-corrected chi connectivity index (χ0v) is 13.0. The zero-order valence-electron chi connectivity index (χ0n) is 12.0. The van der Waals surface area contributed by atoms with Crippen molar-refractivity contribution < 1.29 is 0 Å². The maximum absolute atomic E-state index is 2.46. The highest BCUT2D eigenvalue weighted by Crippen LogP contribution is 2.28. The first-order valence-electron chi connectivity index (χ1n) is 6.89. The Bertz CT molecular complexity index is 526. The smallest absolute Gasteiger partial charge is 0.0913 e. The van der Waals surface area contributed by atoms with Crippen molar-refractivity contribution in [1.82, 2.24) is 0 Å². The molecular formula is C18H22Si. The van der Waals surface area contributed by atoms with Gasteiger partial charge in [0, 0.05) is 5.54 Å². The van der Waals surface area contributed by atoms with E-state index < -0.39 is 8.07 Å². The summed E-state index contributed by atoms with van der Waals surface area (Å²) in [5, 5.41) is 1.52. The van der Waals surface area contributed by atoms with Crippen molar-refractivity contribution in [2.45, 2.75) is 25.6 Å². The summed E-state index contributed by atoms with van der Waals surface area (Å²) in [6, 6.07) is 21.8. The number of hydrogen-bond acceptors (Lipinski definition) is 0. The molecule has 19 heavy (non-hydrogen) atoms. The van der Waals surface area contributed by atoms with Crippen LogP contribution in [0.25, 0.3) is 0 Å². The molecule has 0 aliphatic rings. The molecule has 0 saturated heterocycles. The lowest BCUT2D eigenvalue weighted by Gasteiger charge is -2.31. The van der Waals surface area contributed by atoms with E-state index >= 15 is 0 Å². The molecule has 0 aromatic heterocycles. The molecule has 2 aromatic carbocycles. The average Bonchev–Trinajstić information content (AvgIpc) is 2.46. The molecule has 0 amide bonds. The van der Waals surface area contributed by atoms with Crippen LogP contribution in [0.2, 0.25) is 13.1 Å². The van der Waals surface area contributed by atoms with E-state index in [0.29, 0.717) is 5.54 Å². The summed E-state index contributed by atoms with van der Waals surface area (Å²) >= 11 is 0. The van der Waals surface area contributed by atoms with E-state index in [1.165, 1.54) is 10.8 Å². The molecule has 1 unspecified atom stereocenters. The topological polar surface area (TPSA) is 0 Å². The van der Waals surface area contributed by atoms with Crippen LogP contribution in [0.5, 0.6) is 0 Å². The van der Waals surface area contributed by atoms with Gasteiger partial charge in [-0.1, -0.05) is 91.1 Å². The van der Waals surface area contributed by atoms with Crippen molar-refractivity contribution in [3.8, 4) is 0 Å². The normalized spacial score (nSPS) is 13.6. The van der Waals surface area contributed by atoms with Gasteiger partial charge < -0.3 is 0 Å². The van der Waals surface area contributed by atoms with Crippen LogP contribution < -0.4 is 5.19 Å². The Morgan fingerprint density at radius 2 is 1.37 bits per heavy atom. The summed E-state index contributed by atoms with van der Waals surface area (Å²) in [5.74, 6) is 0. The second-order valence-corrected chi connectivity index (χ2v) is 10.1. The molecule has 0 bridgehead atoms. The SMILES string of the molecule is C/C=C\C(c1ccccc1)[Si](C)(C)c1ccccc1. The van der Waals surface area contributed by atoms with Gasteiger partial charge in [-0.05, 0) is 12.5 Å². The van der Waals surface area contributed by atoms with Gasteiger partial charge in [0.05, 0.1) is 8.07 Å². The van der Waals surface area contributed by atoms with Crippen molar-refractivity contribution in [1.29, 1.82) is 0 Å². The molecular weight excluding hydrogens is 244 g/mol. The summed E-state index contributed by atoms with van der Waals surface area (Å²) < 4.78 is 0.